The number of anilines is 2. The molecular weight excluding hydrogens is 947 g/mol. The lowest BCUT2D eigenvalue weighted by Gasteiger charge is -2.33. The van der Waals surface area contributed by atoms with Gasteiger partial charge in [-0.15, -0.1) is 8.78 Å². The van der Waals surface area contributed by atoms with Gasteiger partial charge in [-0.05, 0) is 109 Å². The number of carbonyl (C=O) groups excluding carboxylic acids is 1. The summed E-state index contributed by atoms with van der Waals surface area (Å²) in [7, 11) is -2.80. The van der Waals surface area contributed by atoms with Crippen LogP contribution in [-0.4, -0.2) is 112 Å². The number of hydrogen-bond donors (Lipinski definition) is 4. The van der Waals surface area contributed by atoms with Crippen molar-refractivity contribution in [2.45, 2.75) is 53.1 Å². The van der Waals surface area contributed by atoms with E-state index in [1.54, 1.807) is 53.4 Å². The maximum absolute atomic E-state index is 13.6. The van der Waals surface area contributed by atoms with Crippen LogP contribution in [0.25, 0.3) is 17.0 Å². The first-order valence-corrected chi connectivity index (χ1v) is 25.1. The second-order valence-electron chi connectivity index (χ2n) is 17.1. The Morgan fingerprint density at radius 1 is 0.857 bits per heavy atom. The Balaban J connectivity index is 0.624. The summed E-state index contributed by atoms with van der Waals surface area (Å²) in [5, 5.41) is 15.3. The third-order valence-electron chi connectivity index (χ3n) is 12.6. The zero-order valence-corrected chi connectivity index (χ0v) is 39.7. The van der Waals surface area contributed by atoms with Gasteiger partial charge in [0.15, 0.2) is 11.5 Å². The number of alkyl halides is 2. The first-order valence-electron chi connectivity index (χ1n) is 22.9. The average molecular weight is 999 g/mol. The molecule has 1 amide bonds. The number of aromatic nitrogens is 1. The van der Waals surface area contributed by atoms with Gasteiger partial charge in [-0.2, -0.15) is 0 Å². The summed E-state index contributed by atoms with van der Waals surface area (Å²) in [5.41, 5.74) is 4.49. The lowest BCUT2D eigenvalue weighted by molar-refractivity contribution is -0.286. The van der Waals surface area contributed by atoms with Crippen LogP contribution in [0.4, 0.5) is 20.3 Å². The summed E-state index contributed by atoms with van der Waals surface area (Å²) in [6.45, 7) is 7.85. The molecule has 0 bridgehead atoms. The lowest BCUT2D eigenvalue weighted by Crippen LogP contribution is -2.36. The molecule has 1 aliphatic carbocycles. The van der Waals surface area contributed by atoms with E-state index in [1.165, 1.54) is 17.7 Å². The molecule has 4 aromatic carbocycles. The van der Waals surface area contributed by atoms with E-state index in [4.69, 9.17) is 14.2 Å². The second kappa shape index (κ2) is 21.4. The number of carboxylic acids is 1. The van der Waals surface area contributed by atoms with E-state index in [2.05, 4.69) is 48.5 Å². The minimum atomic E-state index is -3.74. The Bertz CT molecular complexity index is 2770. The molecule has 0 spiro atoms. The molecule has 0 radical (unpaired) electrons. The molecule has 2 unspecified atom stereocenters. The van der Waals surface area contributed by atoms with Gasteiger partial charge in [0.25, 0.3) is 0 Å². The van der Waals surface area contributed by atoms with Crippen molar-refractivity contribution >= 4 is 51.0 Å². The number of aliphatic carboxylic acids is 1. The first-order chi connectivity index (χ1) is 33.8. The molecule has 2 fully saturated rings. The van der Waals surface area contributed by atoms with Crippen LogP contribution in [0, 0.1) is 0 Å². The van der Waals surface area contributed by atoms with Crippen molar-refractivity contribution < 1.29 is 55.6 Å². The van der Waals surface area contributed by atoms with E-state index >= 15 is 0 Å². The minimum absolute atomic E-state index is 0.0771. The summed E-state index contributed by atoms with van der Waals surface area (Å²) >= 11 is 0. The van der Waals surface area contributed by atoms with Crippen LogP contribution in [0.2, 0.25) is 0 Å². The van der Waals surface area contributed by atoms with E-state index in [9.17, 15) is 31.9 Å². The van der Waals surface area contributed by atoms with Gasteiger partial charge >= 0.3 is 12.3 Å². The lowest BCUT2D eigenvalue weighted by atomic mass is 9.90. The number of nitrogens with zero attached hydrogens (tertiary/aromatic N) is 3. The maximum Gasteiger partial charge on any atom is 0.586 e. The van der Waals surface area contributed by atoms with Crippen LogP contribution in [0.15, 0.2) is 119 Å². The van der Waals surface area contributed by atoms with Crippen molar-refractivity contribution in [3.63, 3.8) is 0 Å². The Morgan fingerprint density at radius 2 is 1.57 bits per heavy atom. The molecule has 9 rings (SSSR count). The Morgan fingerprint density at radius 3 is 2.31 bits per heavy atom. The van der Waals surface area contributed by atoms with E-state index in [-0.39, 0.29) is 24.0 Å². The number of fused-ring (bicyclic) bond motifs is 2. The molecule has 5 aromatic rings. The van der Waals surface area contributed by atoms with Crippen molar-refractivity contribution in [2.75, 3.05) is 76.5 Å². The zero-order valence-electron chi connectivity index (χ0n) is 38.0. The normalized spacial score (nSPS) is 17.8. The summed E-state index contributed by atoms with van der Waals surface area (Å²) in [6.07, 6.45) is -0.891. The molecule has 4 N–H and O–H groups in total. The number of nitrogens with one attached hydrogen (secondary N) is 3. The number of amides is 1. The predicted molar refractivity (Wildman–Crippen MR) is 258 cm³/mol. The molecule has 20 heteroatoms. The number of ether oxygens (including phenoxy) is 5. The topological polar surface area (TPSA) is 190 Å². The third-order valence-corrected chi connectivity index (χ3v) is 15.2. The van der Waals surface area contributed by atoms with Crippen LogP contribution in [0.3, 0.4) is 0 Å². The molecule has 4 aliphatic rings. The second-order valence-corrected chi connectivity index (χ2v) is 19.9. The highest BCUT2D eigenvalue weighted by Crippen LogP contribution is 2.52. The fourth-order valence-electron chi connectivity index (χ4n) is 8.63. The predicted octanol–water partition coefficient (Wildman–Crippen LogP) is 7.11. The van der Waals surface area contributed by atoms with Gasteiger partial charge in [-0.1, -0.05) is 43.0 Å². The van der Waals surface area contributed by atoms with Crippen molar-refractivity contribution in [3.8, 4) is 28.5 Å². The van der Waals surface area contributed by atoms with Gasteiger partial charge in [-0.25, -0.2) is 22.4 Å². The van der Waals surface area contributed by atoms with Crippen LogP contribution in [0.1, 0.15) is 48.3 Å². The molecule has 1 aromatic heterocycles. The summed E-state index contributed by atoms with van der Waals surface area (Å²) in [6, 6.07) is 30.4. The largest absolute Gasteiger partial charge is 0.586 e. The minimum Gasteiger partial charge on any atom is -0.491 e. The van der Waals surface area contributed by atoms with Crippen molar-refractivity contribution in [2.24, 2.45) is 0 Å². The van der Waals surface area contributed by atoms with E-state index in [0.717, 1.165) is 35.4 Å². The molecule has 368 valence electrons. The number of carbonyl (C=O) groups is 2. The number of piperidine rings is 1. The van der Waals surface area contributed by atoms with Gasteiger partial charge < -0.3 is 44.3 Å². The van der Waals surface area contributed by atoms with Crippen molar-refractivity contribution in [1.82, 2.24) is 18.9 Å². The van der Waals surface area contributed by atoms with Gasteiger partial charge in [0.1, 0.15) is 46.7 Å². The smallest absolute Gasteiger partial charge is 0.491 e. The first kappa shape index (κ1) is 48.7. The van der Waals surface area contributed by atoms with Crippen LogP contribution in [0.5, 0.6) is 17.2 Å². The fourth-order valence-corrected chi connectivity index (χ4v) is 10.7. The molecule has 4 heterocycles. The van der Waals surface area contributed by atoms with Gasteiger partial charge in [-0.3, -0.25) is 9.59 Å². The summed E-state index contributed by atoms with van der Waals surface area (Å²) < 4.78 is 84.8. The number of benzene rings is 4. The number of rotatable bonds is 21. The molecule has 70 heavy (non-hydrogen) atoms. The van der Waals surface area contributed by atoms with E-state index in [1.807, 2.05) is 34.6 Å². The molecule has 2 atom stereocenters. The van der Waals surface area contributed by atoms with E-state index < -0.39 is 39.7 Å². The summed E-state index contributed by atoms with van der Waals surface area (Å²) in [4.78, 5) is 32.1. The van der Waals surface area contributed by atoms with Crippen molar-refractivity contribution in [3.05, 3.63) is 126 Å². The van der Waals surface area contributed by atoms with E-state index in [0.29, 0.717) is 111 Å². The van der Waals surface area contributed by atoms with Crippen LogP contribution >= 0.6 is 0 Å². The van der Waals surface area contributed by atoms with Gasteiger partial charge in [0.05, 0.1) is 54.0 Å². The number of hydrogen-bond acceptors (Lipinski definition) is 12. The standard InChI is InChI=1S/C50H52F2N6O10S2/c1-33-41-15-14-40(30-43(41)53-32-57(33)31-47(59)60)70(63)58-22-17-35(18-23-58)34-5-10-38(11-6-34)66-28-27-65-26-25-64-24-21-54-69(62)39-12-7-36(8-13-39)42-3-2-4-46(55-42)56-48(61)49(19-20-49)37-9-16-44-45(29-37)68-50(51,52)67-44/h2-16,29-30,35,53-54H,1,17-28,31-32H2,(H,59,60)(H,55,56,61). The van der Waals surface area contributed by atoms with Crippen LogP contribution in [-0.2, 0) is 46.4 Å². The third kappa shape index (κ3) is 11.5. The highest BCUT2D eigenvalue weighted by atomic mass is 32.2. The monoisotopic (exact) mass is 998 g/mol. The number of pyridine rings is 1. The zero-order chi connectivity index (χ0) is 48.8. The molecule has 1 saturated heterocycles. The Kier molecular flexibility index (Phi) is 14.9. The highest BCUT2D eigenvalue weighted by molar-refractivity contribution is 7.83. The van der Waals surface area contributed by atoms with Gasteiger partial charge in [0.2, 0.25) is 5.91 Å². The van der Waals surface area contributed by atoms with Gasteiger partial charge in [0, 0.05) is 42.1 Å². The number of halogens is 2. The maximum atomic E-state index is 13.6. The SMILES string of the molecule is C=C1c2ccc(S(=O)N3CCC(c4ccc(OCCOCCOCCNS(=O)c5ccc(-c6cccc(NC(=O)C7(c8ccc9c(c8)OC(F)(F)O9)CC7)n6)cc5)cc4)CC3)cc2NCN1CC(=O)O. The Labute approximate surface area is 408 Å². The Hall–Kier alpha value is -6.29. The quantitative estimate of drug-likeness (QED) is 0.0545. The number of carboxylic acid groups (broad SMARTS) is 1. The van der Waals surface area contributed by atoms with Crippen molar-refractivity contribution in [1.29, 1.82) is 0 Å². The summed E-state index contributed by atoms with van der Waals surface area (Å²) in [5.74, 6) is 0.0332. The fraction of sp³-hybridized carbons (Fsp3) is 0.340. The average Bonchev–Trinajstić information content (AvgIpc) is 4.12. The molecular formula is C50H52F2N6O10S2. The highest BCUT2D eigenvalue weighted by Gasteiger charge is 2.53. The molecule has 3 aliphatic heterocycles. The van der Waals surface area contributed by atoms with Crippen LogP contribution < -0.4 is 29.6 Å². The molecule has 1 saturated carbocycles. The molecule has 16 nitrogen and oxygen atoms in total.